The molecule has 0 amide bonds. The fourth-order valence-electron chi connectivity index (χ4n) is 4.87. The Hall–Kier alpha value is -0.850. The van der Waals surface area contributed by atoms with Gasteiger partial charge in [-0.1, -0.05) is 32.8 Å². The van der Waals surface area contributed by atoms with E-state index in [-0.39, 0.29) is 30.3 Å². The van der Waals surface area contributed by atoms with Gasteiger partial charge in [0.25, 0.3) is 0 Å². The summed E-state index contributed by atoms with van der Waals surface area (Å²) in [5.41, 5.74) is 9.03. The lowest BCUT2D eigenvalue weighted by molar-refractivity contribution is -0.277. The largest absolute Gasteiger partial charge is 0.378 e. The summed E-state index contributed by atoms with van der Waals surface area (Å²) in [6.45, 7) is 9.34. The number of azide groups is 1. The van der Waals surface area contributed by atoms with Gasteiger partial charge in [0, 0.05) is 17.9 Å². The number of methoxy groups -OCH3 is 1. The third-order valence-corrected chi connectivity index (χ3v) is 6.62. The van der Waals surface area contributed by atoms with Crippen LogP contribution >= 0.6 is 0 Å². The zero-order valence-corrected chi connectivity index (χ0v) is 15.9. The van der Waals surface area contributed by atoms with E-state index in [4.69, 9.17) is 24.5 Å². The average molecular weight is 353 g/mol. The zero-order chi connectivity index (χ0) is 18.1. The number of rotatable bonds is 5. The highest BCUT2D eigenvalue weighted by molar-refractivity contribution is 4.97. The first kappa shape index (κ1) is 18.9. The molecule has 1 aliphatic carbocycles. The van der Waals surface area contributed by atoms with Crippen LogP contribution in [-0.2, 0) is 18.9 Å². The summed E-state index contributed by atoms with van der Waals surface area (Å²) >= 11 is 0. The molecule has 2 saturated heterocycles. The van der Waals surface area contributed by atoms with E-state index in [0.717, 1.165) is 19.4 Å². The van der Waals surface area contributed by atoms with Gasteiger partial charge in [-0.25, -0.2) is 0 Å². The maximum absolute atomic E-state index is 9.03. The van der Waals surface area contributed by atoms with Crippen LogP contribution in [0.1, 0.15) is 40.5 Å². The second-order valence-corrected chi connectivity index (χ2v) is 7.89. The van der Waals surface area contributed by atoms with Gasteiger partial charge in [0.05, 0.1) is 37.1 Å². The first-order valence-corrected chi connectivity index (χ1v) is 9.51. The van der Waals surface area contributed by atoms with Gasteiger partial charge in [-0.3, -0.25) is 0 Å². The van der Waals surface area contributed by atoms with Crippen molar-refractivity contribution >= 4 is 0 Å². The topological polar surface area (TPSA) is 85.7 Å². The molecule has 0 radical (unpaired) electrons. The smallest absolute Gasteiger partial charge is 0.167 e. The van der Waals surface area contributed by atoms with Gasteiger partial charge in [0.1, 0.15) is 0 Å². The average Bonchev–Trinajstić information content (AvgIpc) is 3.06. The lowest BCUT2D eigenvalue weighted by atomic mass is 9.73. The predicted octanol–water partition coefficient (Wildman–Crippen LogP) is 3.53. The van der Waals surface area contributed by atoms with E-state index in [1.165, 1.54) is 0 Å². The Morgan fingerprint density at radius 2 is 1.92 bits per heavy atom. The van der Waals surface area contributed by atoms with Crippen molar-refractivity contribution in [1.29, 1.82) is 0 Å². The molecule has 0 aromatic rings. The van der Waals surface area contributed by atoms with Crippen LogP contribution in [0.3, 0.4) is 0 Å². The summed E-state index contributed by atoms with van der Waals surface area (Å²) in [5.74, 6) is 1.27. The van der Waals surface area contributed by atoms with E-state index in [9.17, 15) is 0 Å². The molecule has 2 bridgehead atoms. The van der Waals surface area contributed by atoms with Crippen molar-refractivity contribution in [2.24, 2.45) is 28.8 Å². The highest BCUT2D eigenvalue weighted by Gasteiger charge is 2.50. The second kappa shape index (κ2) is 7.80. The summed E-state index contributed by atoms with van der Waals surface area (Å²) in [6.07, 6.45) is 1.61. The molecule has 142 valence electrons. The molecule has 2 heterocycles. The van der Waals surface area contributed by atoms with Crippen LogP contribution in [0, 0.1) is 23.7 Å². The fraction of sp³-hybridized carbons (Fsp3) is 1.00. The highest BCUT2D eigenvalue weighted by Crippen LogP contribution is 2.44. The molecule has 0 aromatic heterocycles. The maximum Gasteiger partial charge on any atom is 0.167 e. The van der Waals surface area contributed by atoms with Gasteiger partial charge in [-0.15, -0.1) is 0 Å². The van der Waals surface area contributed by atoms with Crippen LogP contribution in [0.15, 0.2) is 5.11 Å². The van der Waals surface area contributed by atoms with E-state index in [1.807, 2.05) is 0 Å². The van der Waals surface area contributed by atoms with E-state index in [0.29, 0.717) is 23.9 Å². The van der Waals surface area contributed by atoms with Crippen molar-refractivity contribution in [3.8, 4) is 0 Å². The zero-order valence-electron chi connectivity index (χ0n) is 15.9. The van der Waals surface area contributed by atoms with Crippen LogP contribution < -0.4 is 0 Å². The van der Waals surface area contributed by atoms with Gasteiger partial charge in [0.15, 0.2) is 6.29 Å². The molecule has 25 heavy (non-hydrogen) atoms. The fourth-order valence-corrected chi connectivity index (χ4v) is 4.87. The van der Waals surface area contributed by atoms with Crippen molar-refractivity contribution in [2.45, 2.75) is 77.3 Å². The monoisotopic (exact) mass is 353 g/mol. The molecule has 3 rings (SSSR count). The summed E-state index contributed by atoms with van der Waals surface area (Å²) in [4.78, 5) is 3.04. The molecular weight excluding hydrogens is 322 g/mol. The Morgan fingerprint density at radius 3 is 2.56 bits per heavy atom. The van der Waals surface area contributed by atoms with Crippen LogP contribution in [0.2, 0.25) is 0 Å². The molecular formula is C18H31N3O4. The normalized spacial score (nSPS) is 49.6. The van der Waals surface area contributed by atoms with Gasteiger partial charge >= 0.3 is 0 Å². The van der Waals surface area contributed by atoms with Crippen LogP contribution in [-0.4, -0.2) is 50.5 Å². The SMILES string of the molecule is CCC1OC(OC2C3COC(C3)[C@@H](C)[C@H]2C)[C@@H](N=[N+]=[N-])[C@@H](C)C1OC. The third kappa shape index (κ3) is 3.40. The molecule has 2 aliphatic heterocycles. The van der Waals surface area contributed by atoms with Crippen molar-refractivity contribution in [3.63, 3.8) is 0 Å². The minimum Gasteiger partial charge on any atom is -0.378 e. The van der Waals surface area contributed by atoms with Gasteiger partial charge in [0.2, 0.25) is 0 Å². The molecule has 0 aromatic carbocycles. The minimum atomic E-state index is -0.529. The van der Waals surface area contributed by atoms with Gasteiger partial charge in [-0.2, -0.15) is 0 Å². The molecule has 7 nitrogen and oxygen atoms in total. The second-order valence-electron chi connectivity index (χ2n) is 7.89. The van der Waals surface area contributed by atoms with Crippen molar-refractivity contribution < 1.29 is 18.9 Å². The Morgan fingerprint density at radius 1 is 1.16 bits per heavy atom. The number of nitrogens with zero attached hydrogens (tertiary/aromatic N) is 3. The third-order valence-electron chi connectivity index (χ3n) is 6.62. The highest BCUT2D eigenvalue weighted by atomic mass is 16.7. The first-order chi connectivity index (χ1) is 12.0. The lowest BCUT2D eigenvalue weighted by Gasteiger charge is -2.46. The quantitative estimate of drug-likeness (QED) is 0.430. The van der Waals surface area contributed by atoms with E-state index in [1.54, 1.807) is 7.11 Å². The number of hydrogen-bond acceptors (Lipinski definition) is 5. The number of fused-ring (bicyclic) bond motifs is 2. The summed E-state index contributed by atoms with van der Waals surface area (Å²) in [5, 5.41) is 4.00. The Bertz CT molecular complexity index is 513. The first-order valence-electron chi connectivity index (χ1n) is 9.51. The molecule has 6 unspecified atom stereocenters. The molecule has 0 spiro atoms. The Labute approximate surface area is 150 Å². The van der Waals surface area contributed by atoms with Gasteiger partial charge < -0.3 is 18.9 Å². The van der Waals surface area contributed by atoms with Crippen LogP contribution in [0.5, 0.6) is 0 Å². The van der Waals surface area contributed by atoms with Crippen molar-refractivity contribution in [3.05, 3.63) is 10.4 Å². The summed E-state index contributed by atoms with van der Waals surface area (Å²) < 4.78 is 24.3. The van der Waals surface area contributed by atoms with Crippen molar-refractivity contribution in [2.75, 3.05) is 13.7 Å². The maximum atomic E-state index is 9.03. The van der Waals surface area contributed by atoms with E-state index < -0.39 is 6.29 Å². The van der Waals surface area contributed by atoms with E-state index >= 15 is 0 Å². The Balaban J connectivity index is 1.80. The standard InChI is InChI=1S/C18H31N3O4/c1-6-13-17(22-5)11(4)15(20-21-19)18(24-13)25-16-10(3)9(2)14-7-12(16)8-23-14/h9-18H,6-8H2,1-5H3/t9-,10+,11+,12?,13?,14?,15-,16?,17?,18?/m0/s1. The van der Waals surface area contributed by atoms with Crippen LogP contribution in [0.25, 0.3) is 10.4 Å². The molecule has 3 aliphatic rings. The lowest BCUT2D eigenvalue weighted by Crippen LogP contribution is -2.56. The molecule has 10 atom stereocenters. The van der Waals surface area contributed by atoms with Crippen molar-refractivity contribution in [1.82, 2.24) is 0 Å². The van der Waals surface area contributed by atoms with E-state index in [2.05, 4.69) is 37.7 Å². The summed E-state index contributed by atoms with van der Waals surface area (Å²) in [6, 6.07) is -0.389. The molecule has 0 N–H and O–H groups in total. The summed E-state index contributed by atoms with van der Waals surface area (Å²) in [7, 11) is 1.68. The molecule has 3 fully saturated rings. The van der Waals surface area contributed by atoms with Crippen LogP contribution in [0.4, 0.5) is 0 Å². The predicted molar refractivity (Wildman–Crippen MR) is 92.9 cm³/mol. The molecule has 7 heteroatoms. The van der Waals surface area contributed by atoms with Gasteiger partial charge in [-0.05, 0) is 36.1 Å². The minimum absolute atomic E-state index is 0.0356. The number of ether oxygens (including phenoxy) is 4. The number of hydrogen-bond donors (Lipinski definition) is 0. The molecule has 1 saturated carbocycles. The Kier molecular flexibility index (Phi) is 5.91.